The number of benzene rings is 1. The van der Waals surface area contributed by atoms with Crippen LogP contribution in [-0.4, -0.2) is 14.4 Å². The molecule has 1 heterocycles. The summed E-state index contributed by atoms with van der Waals surface area (Å²) in [6, 6.07) is 6.69. The molecule has 21 heavy (non-hydrogen) atoms. The maximum Gasteiger partial charge on any atom is 0.335 e. The van der Waals surface area contributed by atoms with Gasteiger partial charge in [0.25, 0.3) is 10.8 Å². The lowest BCUT2D eigenvalue weighted by atomic mass is 10.2. The lowest BCUT2D eigenvalue weighted by Gasteiger charge is -2.14. The van der Waals surface area contributed by atoms with E-state index < -0.39 is 16.5 Å². The van der Waals surface area contributed by atoms with E-state index >= 15 is 0 Å². The second-order valence-electron chi connectivity index (χ2n) is 5.08. The van der Waals surface area contributed by atoms with Crippen LogP contribution in [0.2, 0.25) is 0 Å². The zero-order chi connectivity index (χ0) is 15.7. The number of aryl methyl sites for hydroxylation is 1. The minimum Gasteiger partial charge on any atom is -0.297 e. The predicted molar refractivity (Wildman–Crippen MR) is 81.6 cm³/mol. The zero-order valence-corrected chi connectivity index (χ0v) is 12.7. The number of halogens is 1. The summed E-state index contributed by atoms with van der Waals surface area (Å²) >= 11 is 5.45. The van der Waals surface area contributed by atoms with Gasteiger partial charge < -0.3 is 0 Å². The molecule has 0 spiro atoms. The van der Waals surface area contributed by atoms with Gasteiger partial charge in [0.1, 0.15) is 5.56 Å². The first-order valence-electron chi connectivity index (χ1n) is 6.48. The number of hydrogen-bond acceptors (Lipinski definition) is 3. The Morgan fingerprint density at radius 2 is 1.71 bits per heavy atom. The number of nitrogens with zero attached hydrogens (tertiary/aromatic N) is 2. The lowest BCUT2D eigenvalue weighted by Crippen LogP contribution is -2.41. The van der Waals surface area contributed by atoms with Crippen molar-refractivity contribution in [1.82, 2.24) is 9.13 Å². The highest BCUT2D eigenvalue weighted by atomic mass is 35.5. The zero-order valence-electron chi connectivity index (χ0n) is 12.0. The van der Waals surface area contributed by atoms with Crippen LogP contribution in [-0.2, 0) is 0 Å². The Labute approximate surface area is 126 Å². The number of hydrogen-bond donors (Lipinski definition) is 0. The van der Waals surface area contributed by atoms with Crippen molar-refractivity contribution in [2.45, 2.75) is 26.8 Å². The predicted octanol–water partition coefficient (Wildman–Crippen LogP) is 2.27. The largest absolute Gasteiger partial charge is 0.335 e. The van der Waals surface area contributed by atoms with Gasteiger partial charge in [0.2, 0.25) is 0 Å². The van der Waals surface area contributed by atoms with Crippen molar-refractivity contribution in [3.05, 3.63) is 62.4 Å². The van der Waals surface area contributed by atoms with Crippen molar-refractivity contribution >= 4 is 16.8 Å². The Balaban J connectivity index is 2.87. The fourth-order valence-electron chi connectivity index (χ4n) is 2.00. The van der Waals surface area contributed by atoms with Gasteiger partial charge in [-0.05, 0) is 44.5 Å². The highest BCUT2D eigenvalue weighted by Crippen LogP contribution is 2.08. The molecule has 0 aliphatic heterocycles. The van der Waals surface area contributed by atoms with E-state index in [-0.39, 0.29) is 11.6 Å². The molecule has 0 aliphatic rings. The van der Waals surface area contributed by atoms with Crippen LogP contribution in [0.3, 0.4) is 0 Å². The summed E-state index contributed by atoms with van der Waals surface area (Å²) in [6.45, 7) is 5.47. The molecule has 0 radical (unpaired) electrons. The van der Waals surface area contributed by atoms with Crippen LogP contribution in [0.25, 0.3) is 5.69 Å². The van der Waals surface area contributed by atoms with Crippen molar-refractivity contribution < 1.29 is 4.79 Å². The fourth-order valence-corrected chi connectivity index (χ4v) is 2.13. The molecule has 0 N–H and O–H groups in total. The van der Waals surface area contributed by atoms with Crippen LogP contribution in [0, 0.1) is 6.92 Å². The average molecular weight is 307 g/mol. The molecule has 0 aliphatic carbocycles. The van der Waals surface area contributed by atoms with Crippen molar-refractivity contribution in [2.24, 2.45) is 0 Å². The van der Waals surface area contributed by atoms with Gasteiger partial charge in [-0.25, -0.2) is 9.36 Å². The first kappa shape index (κ1) is 15.3. The maximum absolute atomic E-state index is 12.5. The number of carbonyl (C=O) groups excluding carboxylic acids is 1. The quantitative estimate of drug-likeness (QED) is 0.817. The average Bonchev–Trinajstić information content (AvgIpc) is 2.40. The minimum atomic E-state index is -0.879. The van der Waals surface area contributed by atoms with Gasteiger partial charge in [-0.15, -0.1) is 0 Å². The molecular weight excluding hydrogens is 292 g/mol. The summed E-state index contributed by atoms with van der Waals surface area (Å²) in [7, 11) is 0. The van der Waals surface area contributed by atoms with Crippen molar-refractivity contribution in [1.29, 1.82) is 0 Å². The smallest absolute Gasteiger partial charge is 0.297 e. The summed E-state index contributed by atoms with van der Waals surface area (Å²) in [5, 5.41) is -0.879. The Kier molecular flexibility index (Phi) is 4.14. The molecule has 6 heteroatoms. The van der Waals surface area contributed by atoms with Gasteiger partial charge >= 0.3 is 5.69 Å². The molecule has 2 aromatic rings. The third-order valence-corrected chi connectivity index (χ3v) is 3.38. The Hall–Kier alpha value is -2.14. The molecule has 0 fully saturated rings. The molecule has 1 aromatic heterocycles. The third kappa shape index (κ3) is 2.83. The highest BCUT2D eigenvalue weighted by Gasteiger charge is 2.18. The number of aromatic nitrogens is 2. The SMILES string of the molecule is Cc1ccc(-n2c(=O)c(C(=O)Cl)cn(C(C)C)c2=O)cc1. The highest BCUT2D eigenvalue weighted by molar-refractivity contribution is 6.67. The van der Waals surface area contributed by atoms with Gasteiger partial charge in [-0.3, -0.25) is 14.2 Å². The monoisotopic (exact) mass is 306 g/mol. The van der Waals surface area contributed by atoms with Crippen LogP contribution >= 0.6 is 11.6 Å². The van der Waals surface area contributed by atoms with Gasteiger partial charge in [0.05, 0.1) is 5.69 Å². The molecule has 0 saturated carbocycles. The van der Waals surface area contributed by atoms with E-state index in [4.69, 9.17) is 11.6 Å². The normalized spacial score (nSPS) is 10.9. The van der Waals surface area contributed by atoms with E-state index in [0.29, 0.717) is 5.69 Å². The number of carbonyl (C=O) groups is 1. The van der Waals surface area contributed by atoms with Crippen molar-refractivity contribution in [2.75, 3.05) is 0 Å². The van der Waals surface area contributed by atoms with Crippen LogP contribution in [0.1, 0.15) is 35.8 Å². The Morgan fingerprint density at radius 3 is 2.19 bits per heavy atom. The summed E-state index contributed by atoms with van der Waals surface area (Å²) in [5.41, 5.74) is -0.0165. The van der Waals surface area contributed by atoms with Gasteiger partial charge in [0.15, 0.2) is 0 Å². The van der Waals surface area contributed by atoms with Crippen molar-refractivity contribution in [3.63, 3.8) is 0 Å². The molecule has 5 nitrogen and oxygen atoms in total. The molecule has 2 rings (SSSR count). The van der Waals surface area contributed by atoms with E-state index in [2.05, 4.69) is 0 Å². The van der Waals surface area contributed by atoms with Crippen molar-refractivity contribution in [3.8, 4) is 5.69 Å². The Bertz CT molecular complexity index is 801. The molecule has 0 saturated heterocycles. The van der Waals surface area contributed by atoms with Gasteiger partial charge in [-0.1, -0.05) is 17.7 Å². The van der Waals surface area contributed by atoms with E-state index in [1.807, 2.05) is 6.92 Å². The van der Waals surface area contributed by atoms with Crippen LogP contribution in [0.15, 0.2) is 40.1 Å². The van der Waals surface area contributed by atoms with E-state index in [1.165, 1.54) is 10.8 Å². The molecule has 110 valence electrons. The van der Waals surface area contributed by atoms with Gasteiger partial charge in [-0.2, -0.15) is 0 Å². The minimum absolute atomic E-state index is 0.204. The van der Waals surface area contributed by atoms with E-state index in [9.17, 15) is 14.4 Å². The van der Waals surface area contributed by atoms with Crippen LogP contribution in [0.4, 0.5) is 0 Å². The first-order valence-corrected chi connectivity index (χ1v) is 6.85. The molecule has 0 atom stereocenters. The molecular formula is C15H15ClN2O3. The van der Waals surface area contributed by atoms with E-state index in [0.717, 1.165) is 10.1 Å². The second-order valence-corrected chi connectivity index (χ2v) is 5.42. The summed E-state index contributed by atoms with van der Waals surface area (Å²) in [4.78, 5) is 36.2. The maximum atomic E-state index is 12.5. The summed E-state index contributed by atoms with van der Waals surface area (Å²) < 4.78 is 2.28. The third-order valence-electron chi connectivity index (χ3n) is 3.17. The molecule has 0 amide bonds. The molecule has 1 aromatic carbocycles. The lowest BCUT2D eigenvalue weighted by molar-refractivity contribution is 0.107. The van der Waals surface area contributed by atoms with Crippen LogP contribution < -0.4 is 11.2 Å². The standard InChI is InChI=1S/C15H15ClN2O3/c1-9(2)17-8-12(13(16)19)14(20)18(15(17)21)11-6-4-10(3)5-7-11/h4-9H,1-3H3. The topological polar surface area (TPSA) is 61.1 Å². The Morgan fingerprint density at radius 1 is 1.14 bits per heavy atom. The van der Waals surface area contributed by atoms with E-state index in [1.54, 1.807) is 38.1 Å². The first-order chi connectivity index (χ1) is 9.82. The molecule has 0 bridgehead atoms. The summed E-state index contributed by atoms with van der Waals surface area (Å²) in [5.74, 6) is 0. The fraction of sp³-hybridized carbons (Fsp3) is 0.267. The second kappa shape index (κ2) is 5.69. The number of rotatable bonds is 3. The van der Waals surface area contributed by atoms with Crippen LogP contribution in [0.5, 0.6) is 0 Å². The summed E-state index contributed by atoms with van der Waals surface area (Å²) in [6.07, 6.45) is 1.22. The molecule has 0 unspecified atom stereocenters. The van der Waals surface area contributed by atoms with Gasteiger partial charge in [0, 0.05) is 12.2 Å².